The van der Waals surface area contributed by atoms with E-state index >= 15 is 0 Å². The van der Waals surface area contributed by atoms with Gasteiger partial charge >= 0.3 is 12.0 Å². The monoisotopic (exact) mass is 352 g/mol. The molecule has 1 aromatic rings. The van der Waals surface area contributed by atoms with Gasteiger partial charge in [0.1, 0.15) is 0 Å². The number of benzene rings is 1. The fourth-order valence-electron chi connectivity index (χ4n) is 3.40. The fourth-order valence-corrected chi connectivity index (χ4v) is 3.76. The Balaban J connectivity index is 1.73. The maximum atomic E-state index is 12.3. The van der Waals surface area contributed by atoms with Crippen molar-refractivity contribution in [1.82, 2.24) is 4.90 Å². The number of urea groups is 1. The molecule has 2 atom stereocenters. The SMILES string of the molecule is O=C(O)c1ccc(Br)cc1NC(=O)N1CC2CCCC2C1. The molecule has 1 saturated heterocycles. The van der Waals surface area contributed by atoms with Gasteiger partial charge < -0.3 is 15.3 Å². The quantitative estimate of drug-likeness (QED) is 0.856. The maximum Gasteiger partial charge on any atom is 0.337 e. The number of hydrogen-bond donors (Lipinski definition) is 2. The summed E-state index contributed by atoms with van der Waals surface area (Å²) in [7, 11) is 0. The summed E-state index contributed by atoms with van der Waals surface area (Å²) in [6.07, 6.45) is 3.66. The van der Waals surface area contributed by atoms with E-state index in [2.05, 4.69) is 21.2 Å². The van der Waals surface area contributed by atoms with Crippen LogP contribution in [0.3, 0.4) is 0 Å². The smallest absolute Gasteiger partial charge is 0.337 e. The summed E-state index contributed by atoms with van der Waals surface area (Å²) in [6, 6.07) is 4.56. The minimum atomic E-state index is -1.05. The van der Waals surface area contributed by atoms with E-state index in [9.17, 15) is 14.7 Å². The largest absolute Gasteiger partial charge is 0.478 e. The van der Waals surface area contributed by atoms with Crippen molar-refractivity contribution in [1.29, 1.82) is 0 Å². The predicted molar refractivity (Wildman–Crippen MR) is 82.5 cm³/mol. The van der Waals surface area contributed by atoms with Crippen LogP contribution < -0.4 is 5.32 Å². The lowest BCUT2D eigenvalue weighted by molar-refractivity contribution is 0.0698. The highest BCUT2D eigenvalue weighted by atomic mass is 79.9. The van der Waals surface area contributed by atoms with Crippen molar-refractivity contribution in [2.75, 3.05) is 18.4 Å². The minimum Gasteiger partial charge on any atom is -0.478 e. The number of carbonyl (C=O) groups is 2. The van der Waals surface area contributed by atoms with Crippen LogP contribution in [0.4, 0.5) is 10.5 Å². The zero-order valence-corrected chi connectivity index (χ0v) is 13.1. The maximum absolute atomic E-state index is 12.3. The number of likely N-dealkylation sites (tertiary alicyclic amines) is 1. The number of carbonyl (C=O) groups excluding carboxylic acids is 1. The molecule has 0 spiro atoms. The van der Waals surface area contributed by atoms with E-state index in [0.717, 1.165) is 17.6 Å². The van der Waals surface area contributed by atoms with Gasteiger partial charge in [-0.05, 0) is 42.9 Å². The Morgan fingerprint density at radius 1 is 1.24 bits per heavy atom. The average molecular weight is 353 g/mol. The van der Waals surface area contributed by atoms with E-state index in [1.54, 1.807) is 17.0 Å². The summed E-state index contributed by atoms with van der Waals surface area (Å²) >= 11 is 3.30. The summed E-state index contributed by atoms with van der Waals surface area (Å²) in [5, 5.41) is 11.9. The molecule has 3 rings (SSSR count). The van der Waals surface area contributed by atoms with E-state index < -0.39 is 5.97 Å². The van der Waals surface area contributed by atoms with E-state index in [1.807, 2.05) is 0 Å². The van der Waals surface area contributed by atoms with Crippen molar-refractivity contribution in [3.8, 4) is 0 Å². The van der Waals surface area contributed by atoms with Crippen LogP contribution >= 0.6 is 15.9 Å². The summed E-state index contributed by atoms with van der Waals surface area (Å²) in [5.74, 6) is 0.200. The minimum absolute atomic E-state index is 0.103. The van der Waals surface area contributed by atoms with E-state index in [1.165, 1.54) is 25.3 Å². The molecule has 1 heterocycles. The third kappa shape index (κ3) is 2.90. The molecule has 1 saturated carbocycles. The molecule has 2 aliphatic rings. The number of nitrogens with one attached hydrogen (secondary N) is 1. The van der Waals surface area contributed by atoms with Gasteiger partial charge in [-0.25, -0.2) is 9.59 Å². The summed E-state index contributed by atoms with van der Waals surface area (Å²) in [6.45, 7) is 1.57. The van der Waals surface area contributed by atoms with Gasteiger partial charge in [0.05, 0.1) is 11.3 Å². The van der Waals surface area contributed by atoms with Gasteiger partial charge in [0.25, 0.3) is 0 Å². The Bertz CT molecular complexity index is 578. The average Bonchev–Trinajstić information content (AvgIpc) is 2.98. The number of halogens is 1. The first-order valence-corrected chi connectivity index (χ1v) is 7.92. The third-order valence-corrected chi connectivity index (χ3v) is 4.96. The van der Waals surface area contributed by atoms with Crippen LogP contribution in [-0.4, -0.2) is 35.1 Å². The normalized spacial score (nSPS) is 24.0. The van der Waals surface area contributed by atoms with Crippen LogP contribution in [0.5, 0.6) is 0 Å². The molecule has 2 fully saturated rings. The van der Waals surface area contributed by atoms with Gasteiger partial charge in [0.2, 0.25) is 0 Å². The number of amides is 2. The van der Waals surface area contributed by atoms with Crippen LogP contribution in [0.25, 0.3) is 0 Å². The van der Waals surface area contributed by atoms with Crippen molar-refractivity contribution in [2.24, 2.45) is 11.8 Å². The van der Waals surface area contributed by atoms with E-state index in [0.29, 0.717) is 17.5 Å². The van der Waals surface area contributed by atoms with Crippen molar-refractivity contribution < 1.29 is 14.7 Å². The van der Waals surface area contributed by atoms with Crippen molar-refractivity contribution in [3.05, 3.63) is 28.2 Å². The first-order valence-electron chi connectivity index (χ1n) is 7.13. The predicted octanol–water partition coefficient (Wildman–Crippen LogP) is 3.41. The molecule has 1 aliphatic carbocycles. The number of hydrogen-bond acceptors (Lipinski definition) is 2. The summed E-state index contributed by atoms with van der Waals surface area (Å²) < 4.78 is 0.737. The fraction of sp³-hybridized carbons (Fsp3) is 0.467. The first-order chi connectivity index (χ1) is 10.0. The number of carboxylic acid groups (broad SMARTS) is 1. The number of fused-ring (bicyclic) bond motifs is 1. The Morgan fingerprint density at radius 2 is 1.90 bits per heavy atom. The van der Waals surface area contributed by atoms with Crippen molar-refractivity contribution in [2.45, 2.75) is 19.3 Å². The number of rotatable bonds is 2. The highest BCUT2D eigenvalue weighted by Gasteiger charge is 2.38. The lowest BCUT2D eigenvalue weighted by atomic mass is 10.0. The van der Waals surface area contributed by atoms with Gasteiger partial charge in [-0.15, -0.1) is 0 Å². The second-order valence-electron chi connectivity index (χ2n) is 5.78. The molecule has 112 valence electrons. The topological polar surface area (TPSA) is 69.6 Å². The molecule has 5 nitrogen and oxygen atoms in total. The van der Waals surface area contributed by atoms with Crippen LogP contribution in [0.2, 0.25) is 0 Å². The standard InChI is InChI=1S/C15H17BrN2O3/c16-11-4-5-12(14(19)20)13(6-11)17-15(21)18-7-9-2-1-3-10(9)8-18/h4-6,9-10H,1-3,7-8H2,(H,17,21)(H,19,20). The first kappa shape index (κ1) is 14.4. The van der Waals surface area contributed by atoms with Crippen LogP contribution in [0, 0.1) is 11.8 Å². The second kappa shape index (κ2) is 5.67. The molecule has 0 bridgehead atoms. The third-order valence-electron chi connectivity index (χ3n) is 4.47. The molecule has 6 heteroatoms. The molecule has 2 unspecified atom stereocenters. The highest BCUT2D eigenvalue weighted by molar-refractivity contribution is 9.10. The molecule has 1 aromatic carbocycles. The zero-order chi connectivity index (χ0) is 15.0. The van der Waals surface area contributed by atoms with Gasteiger partial charge in [-0.3, -0.25) is 0 Å². The molecule has 1 aliphatic heterocycles. The number of anilines is 1. The molecule has 21 heavy (non-hydrogen) atoms. The van der Waals surface area contributed by atoms with Crippen molar-refractivity contribution in [3.63, 3.8) is 0 Å². The van der Waals surface area contributed by atoms with Gasteiger partial charge in [0.15, 0.2) is 0 Å². The number of aromatic carboxylic acids is 1. The second-order valence-corrected chi connectivity index (χ2v) is 6.70. The van der Waals surface area contributed by atoms with Gasteiger partial charge in [-0.1, -0.05) is 22.4 Å². The lowest BCUT2D eigenvalue weighted by Gasteiger charge is -2.19. The highest BCUT2D eigenvalue weighted by Crippen LogP contribution is 2.37. The molecule has 2 amide bonds. The van der Waals surface area contributed by atoms with E-state index in [4.69, 9.17) is 0 Å². The van der Waals surface area contributed by atoms with Gasteiger partial charge in [-0.2, -0.15) is 0 Å². The van der Waals surface area contributed by atoms with Crippen LogP contribution in [0.15, 0.2) is 22.7 Å². The molecular formula is C15H17BrN2O3. The molecule has 2 N–H and O–H groups in total. The van der Waals surface area contributed by atoms with Crippen molar-refractivity contribution >= 4 is 33.6 Å². The zero-order valence-electron chi connectivity index (χ0n) is 11.5. The lowest BCUT2D eigenvalue weighted by Crippen LogP contribution is -2.34. The Kier molecular flexibility index (Phi) is 3.89. The molecule has 0 aromatic heterocycles. The Hall–Kier alpha value is -1.56. The Morgan fingerprint density at radius 3 is 2.52 bits per heavy atom. The molecule has 0 radical (unpaired) electrons. The van der Waals surface area contributed by atoms with E-state index in [-0.39, 0.29) is 11.6 Å². The van der Waals surface area contributed by atoms with Crippen LogP contribution in [-0.2, 0) is 0 Å². The Labute approximate surface area is 131 Å². The summed E-state index contributed by atoms with van der Waals surface area (Å²) in [5.41, 5.74) is 0.435. The van der Waals surface area contributed by atoms with Gasteiger partial charge in [0, 0.05) is 17.6 Å². The molecular weight excluding hydrogens is 336 g/mol. The number of carboxylic acids is 1. The number of nitrogens with zero attached hydrogens (tertiary/aromatic N) is 1. The summed E-state index contributed by atoms with van der Waals surface area (Å²) in [4.78, 5) is 25.4. The van der Waals surface area contributed by atoms with Crippen LogP contribution in [0.1, 0.15) is 29.6 Å².